The van der Waals surface area contributed by atoms with Crippen LogP contribution in [0.2, 0.25) is 10.0 Å². The number of esters is 1. The maximum atomic E-state index is 13.0. The molecule has 0 aliphatic carbocycles. The number of nitro groups is 1. The number of nitro benzene ring substituents is 1. The van der Waals surface area contributed by atoms with Crippen molar-refractivity contribution in [1.82, 2.24) is 0 Å². The minimum Gasteiger partial charge on any atom is -0.465 e. The first kappa shape index (κ1) is 19.7. The van der Waals surface area contributed by atoms with E-state index in [4.69, 9.17) is 27.9 Å². The summed E-state index contributed by atoms with van der Waals surface area (Å²) in [5.41, 5.74) is -0.425. The van der Waals surface area contributed by atoms with E-state index < -0.39 is 29.0 Å². The van der Waals surface area contributed by atoms with Crippen molar-refractivity contribution in [2.75, 3.05) is 18.1 Å². The Bertz CT molecular complexity index is 840. The lowest BCUT2D eigenvalue weighted by molar-refractivity contribution is -0.385. The van der Waals surface area contributed by atoms with E-state index >= 15 is 0 Å². The predicted octanol–water partition coefficient (Wildman–Crippen LogP) is 4.11. The Morgan fingerprint density at radius 2 is 1.81 bits per heavy atom. The number of benzene rings is 2. The molecule has 0 N–H and O–H groups in total. The van der Waals surface area contributed by atoms with Gasteiger partial charge in [0.05, 0.1) is 11.5 Å². The number of rotatable bonds is 6. The van der Waals surface area contributed by atoms with Crippen molar-refractivity contribution >= 4 is 46.5 Å². The van der Waals surface area contributed by atoms with Gasteiger partial charge in [-0.15, -0.1) is 0 Å². The first-order chi connectivity index (χ1) is 12.3. The lowest BCUT2D eigenvalue weighted by atomic mass is 10.1. The van der Waals surface area contributed by atoms with Crippen molar-refractivity contribution in [3.8, 4) is 0 Å². The number of hydrogen-bond acceptors (Lipinski definition) is 5. The van der Waals surface area contributed by atoms with Crippen molar-refractivity contribution in [2.45, 2.75) is 6.92 Å². The van der Waals surface area contributed by atoms with E-state index in [1.165, 1.54) is 42.5 Å². The highest BCUT2D eigenvalue weighted by molar-refractivity contribution is 6.33. The van der Waals surface area contributed by atoms with Crippen molar-refractivity contribution in [2.24, 2.45) is 0 Å². The highest BCUT2D eigenvalue weighted by Gasteiger charge is 2.29. The third-order valence-electron chi connectivity index (χ3n) is 3.38. The quantitative estimate of drug-likeness (QED) is 0.416. The molecular weight excluding hydrogens is 383 g/mol. The van der Waals surface area contributed by atoms with E-state index in [9.17, 15) is 19.7 Å². The van der Waals surface area contributed by atoms with Gasteiger partial charge in [-0.25, -0.2) is 0 Å². The largest absolute Gasteiger partial charge is 0.465 e. The zero-order valence-corrected chi connectivity index (χ0v) is 15.2. The average Bonchev–Trinajstić information content (AvgIpc) is 2.59. The number of amides is 1. The fourth-order valence-corrected chi connectivity index (χ4v) is 2.63. The SMILES string of the molecule is CCOC(=O)CN(C(=O)c1cccc(Cl)c1[N+](=O)[O-])c1ccc(Cl)cc1. The molecule has 0 aliphatic heterocycles. The summed E-state index contributed by atoms with van der Waals surface area (Å²) < 4.78 is 4.89. The molecule has 26 heavy (non-hydrogen) atoms. The molecule has 2 aromatic rings. The number of carbonyl (C=O) groups excluding carboxylic acids is 2. The summed E-state index contributed by atoms with van der Waals surface area (Å²) in [4.78, 5) is 36.5. The smallest absolute Gasteiger partial charge is 0.326 e. The highest BCUT2D eigenvalue weighted by atomic mass is 35.5. The Labute approximate surface area is 159 Å². The second kappa shape index (κ2) is 8.64. The topological polar surface area (TPSA) is 89.8 Å². The first-order valence-corrected chi connectivity index (χ1v) is 8.26. The molecule has 0 bridgehead atoms. The molecule has 0 radical (unpaired) electrons. The molecule has 0 heterocycles. The molecule has 2 aromatic carbocycles. The van der Waals surface area contributed by atoms with Gasteiger partial charge in [0, 0.05) is 10.7 Å². The van der Waals surface area contributed by atoms with E-state index in [0.29, 0.717) is 10.7 Å². The maximum absolute atomic E-state index is 13.0. The van der Waals surface area contributed by atoms with Gasteiger partial charge in [0.25, 0.3) is 5.91 Å². The molecule has 136 valence electrons. The number of ether oxygens (including phenoxy) is 1. The Hall–Kier alpha value is -2.64. The normalized spacial score (nSPS) is 10.3. The predicted molar refractivity (Wildman–Crippen MR) is 97.9 cm³/mol. The van der Waals surface area contributed by atoms with Crippen LogP contribution >= 0.6 is 23.2 Å². The summed E-state index contributed by atoms with van der Waals surface area (Å²) in [5.74, 6) is -1.41. The molecule has 9 heteroatoms. The Morgan fingerprint density at radius 1 is 1.15 bits per heavy atom. The van der Waals surface area contributed by atoms with Gasteiger partial charge >= 0.3 is 11.7 Å². The first-order valence-electron chi connectivity index (χ1n) is 7.51. The van der Waals surface area contributed by atoms with Gasteiger partial charge < -0.3 is 4.74 Å². The van der Waals surface area contributed by atoms with Gasteiger partial charge in [-0.05, 0) is 43.3 Å². The number of nitrogens with zero attached hydrogens (tertiary/aromatic N) is 2. The number of anilines is 1. The molecule has 0 unspecified atom stereocenters. The summed E-state index contributed by atoms with van der Waals surface area (Å²) in [6.45, 7) is 1.35. The van der Waals surface area contributed by atoms with Crippen molar-refractivity contribution in [3.05, 3.63) is 68.2 Å². The number of carbonyl (C=O) groups is 2. The molecular formula is C17H14Cl2N2O5. The van der Waals surface area contributed by atoms with Crippen molar-refractivity contribution < 1.29 is 19.2 Å². The molecule has 2 rings (SSSR count). The lowest BCUT2D eigenvalue weighted by Gasteiger charge is -2.22. The summed E-state index contributed by atoms with van der Waals surface area (Å²) in [5, 5.41) is 11.6. The Balaban J connectivity index is 2.50. The van der Waals surface area contributed by atoms with Gasteiger partial charge in [-0.3, -0.25) is 24.6 Å². The monoisotopic (exact) mass is 396 g/mol. The number of para-hydroxylation sites is 1. The van der Waals surface area contributed by atoms with Gasteiger partial charge in [-0.2, -0.15) is 0 Å². The molecule has 0 spiro atoms. The van der Waals surface area contributed by atoms with Crippen LogP contribution in [-0.4, -0.2) is 30.0 Å². The van der Waals surface area contributed by atoms with Crippen LogP contribution in [0.1, 0.15) is 17.3 Å². The number of hydrogen-bond donors (Lipinski definition) is 0. The molecule has 0 atom stereocenters. The van der Waals surface area contributed by atoms with Gasteiger partial charge in [0.15, 0.2) is 0 Å². The van der Waals surface area contributed by atoms with Crippen LogP contribution in [0, 0.1) is 10.1 Å². The van der Waals surface area contributed by atoms with E-state index in [0.717, 1.165) is 4.90 Å². The second-order valence-electron chi connectivity index (χ2n) is 5.07. The highest BCUT2D eigenvalue weighted by Crippen LogP contribution is 2.30. The third kappa shape index (κ3) is 4.50. The van der Waals surface area contributed by atoms with E-state index in [-0.39, 0.29) is 17.2 Å². The fourth-order valence-electron chi connectivity index (χ4n) is 2.26. The minimum atomic E-state index is -0.755. The fraction of sp³-hybridized carbons (Fsp3) is 0.176. The molecule has 0 aromatic heterocycles. The van der Waals surface area contributed by atoms with E-state index in [1.54, 1.807) is 6.92 Å². The lowest BCUT2D eigenvalue weighted by Crippen LogP contribution is -2.37. The Morgan fingerprint density at radius 3 is 2.38 bits per heavy atom. The molecule has 1 amide bonds. The molecule has 0 saturated carbocycles. The van der Waals surface area contributed by atoms with Crippen LogP contribution < -0.4 is 4.90 Å². The number of halogens is 2. The standard InChI is InChI=1S/C17H14Cl2N2O5/c1-2-26-15(22)10-20(12-8-6-11(18)7-9-12)17(23)13-4-3-5-14(19)16(13)21(24)25/h3-9H,2,10H2,1H3. The van der Waals surface area contributed by atoms with Crippen LogP contribution in [0.5, 0.6) is 0 Å². The van der Waals surface area contributed by atoms with E-state index in [2.05, 4.69) is 0 Å². The molecule has 7 nitrogen and oxygen atoms in total. The molecule has 0 aliphatic rings. The van der Waals surface area contributed by atoms with Gasteiger partial charge in [-0.1, -0.05) is 29.3 Å². The van der Waals surface area contributed by atoms with Gasteiger partial charge in [0.1, 0.15) is 17.1 Å². The van der Waals surface area contributed by atoms with Crippen LogP contribution in [0.15, 0.2) is 42.5 Å². The molecule has 0 fully saturated rings. The van der Waals surface area contributed by atoms with Crippen LogP contribution in [-0.2, 0) is 9.53 Å². The van der Waals surface area contributed by atoms with E-state index in [1.807, 2.05) is 0 Å². The maximum Gasteiger partial charge on any atom is 0.326 e. The summed E-state index contributed by atoms with van der Waals surface area (Å²) >= 11 is 11.7. The van der Waals surface area contributed by atoms with Crippen LogP contribution in [0.3, 0.4) is 0 Å². The van der Waals surface area contributed by atoms with Crippen LogP contribution in [0.25, 0.3) is 0 Å². The summed E-state index contributed by atoms with van der Waals surface area (Å²) in [6, 6.07) is 10.1. The van der Waals surface area contributed by atoms with Crippen molar-refractivity contribution in [1.29, 1.82) is 0 Å². The molecule has 0 saturated heterocycles. The second-order valence-corrected chi connectivity index (χ2v) is 5.91. The summed E-state index contributed by atoms with van der Waals surface area (Å²) in [6.07, 6.45) is 0. The summed E-state index contributed by atoms with van der Waals surface area (Å²) in [7, 11) is 0. The minimum absolute atomic E-state index is 0.138. The van der Waals surface area contributed by atoms with Crippen molar-refractivity contribution in [3.63, 3.8) is 0 Å². The van der Waals surface area contributed by atoms with Crippen LogP contribution in [0.4, 0.5) is 11.4 Å². The average molecular weight is 397 g/mol. The van der Waals surface area contributed by atoms with Gasteiger partial charge in [0.2, 0.25) is 0 Å². The Kier molecular flexibility index (Phi) is 6.54. The zero-order valence-electron chi connectivity index (χ0n) is 13.6. The zero-order chi connectivity index (χ0) is 19.3. The third-order valence-corrected chi connectivity index (χ3v) is 3.93.